The van der Waals surface area contributed by atoms with E-state index in [2.05, 4.69) is 16.6 Å². The Morgan fingerprint density at radius 2 is 1.70 bits per heavy atom. The van der Waals surface area contributed by atoms with Gasteiger partial charge in [0.15, 0.2) is 0 Å². The van der Waals surface area contributed by atoms with Crippen molar-refractivity contribution in [2.24, 2.45) is 5.73 Å². The summed E-state index contributed by atoms with van der Waals surface area (Å²) in [5.74, 6) is 1.01. The van der Waals surface area contributed by atoms with Gasteiger partial charge in [-0.05, 0) is 50.8 Å². The van der Waals surface area contributed by atoms with Gasteiger partial charge in [0, 0.05) is 25.1 Å². The molecule has 2 aromatic carbocycles. The molecule has 2 unspecified atom stereocenters. The molecule has 4 N–H and O–H groups in total. The first kappa shape index (κ1) is 31.9. The fourth-order valence-electron chi connectivity index (χ4n) is 4.09. The molecule has 9 heteroatoms. The Morgan fingerprint density at radius 1 is 1.05 bits per heavy atom. The Bertz CT molecular complexity index is 1200. The van der Waals surface area contributed by atoms with Gasteiger partial charge in [-0.25, -0.2) is 4.79 Å². The number of terminal acetylenes is 1. The fourth-order valence-corrected chi connectivity index (χ4v) is 4.09. The molecule has 0 radical (unpaired) electrons. The van der Waals surface area contributed by atoms with Gasteiger partial charge >= 0.3 is 6.09 Å². The largest absolute Gasteiger partial charge is 0.444 e. The van der Waals surface area contributed by atoms with E-state index < -0.39 is 41.5 Å². The van der Waals surface area contributed by atoms with Gasteiger partial charge in [-0.3, -0.25) is 14.4 Å². The normalized spacial score (nSPS) is 12.4. The second-order valence-corrected chi connectivity index (χ2v) is 10.4. The van der Waals surface area contributed by atoms with Crippen LogP contribution in [0.4, 0.5) is 4.79 Å². The van der Waals surface area contributed by atoms with Crippen LogP contribution in [0.5, 0.6) is 0 Å². The summed E-state index contributed by atoms with van der Waals surface area (Å²) in [5, 5.41) is 5.52. The number of carbonyl (C=O) groups is 4. The molecule has 0 aliphatic carbocycles. The third kappa shape index (κ3) is 10.1. The molecule has 0 saturated heterocycles. The Hall–Kier alpha value is -4.32. The molecule has 40 heavy (non-hydrogen) atoms. The molecular weight excluding hydrogens is 508 g/mol. The van der Waals surface area contributed by atoms with Crippen molar-refractivity contribution in [3.8, 4) is 12.3 Å². The summed E-state index contributed by atoms with van der Waals surface area (Å²) >= 11 is 0. The van der Waals surface area contributed by atoms with Gasteiger partial charge in [0.2, 0.25) is 17.7 Å². The van der Waals surface area contributed by atoms with Crippen LogP contribution in [0.15, 0.2) is 54.6 Å². The number of benzene rings is 2. The smallest absolute Gasteiger partial charge is 0.408 e. The van der Waals surface area contributed by atoms with E-state index in [4.69, 9.17) is 16.9 Å². The van der Waals surface area contributed by atoms with Gasteiger partial charge in [0.05, 0.1) is 0 Å². The summed E-state index contributed by atoms with van der Waals surface area (Å²) in [6.45, 7) is 7.51. The lowest BCUT2D eigenvalue weighted by atomic mass is 9.96. The van der Waals surface area contributed by atoms with E-state index >= 15 is 0 Å². The second kappa shape index (κ2) is 15.3. The molecular formula is C31H40N4O5. The Morgan fingerprint density at radius 3 is 2.30 bits per heavy atom. The van der Waals surface area contributed by atoms with E-state index in [0.717, 1.165) is 12.0 Å². The predicted octanol–water partition coefficient (Wildman–Crippen LogP) is 3.81. The van der Waals surface area contributed by atoms with Crippen LogP contribution in [-0.2, 0) is 25.7 Å². The van der Waals surface area contributed by atoms with Gasteiger partial charge in [0.25, 0.3) is 0 Å². The summed E-state index contributed by atoms with van der Waals surface area (Å²) < 4.78 is 5.36. The van der Waals surface area contributed by atoms with Crippen LogP contribution < -0.4 is 16.4 Å². The SMILES string of the molecule is C#Cc1ccccc1C(C(=O)NCc1ccccc1)N(CCCC)C(=O)C(CCC(N)=O)NC(=O)OC(C)(C)C. The number of unbranched alkanes of at least 4 members (excludes halogenated alkanes) is 1. The van der Waals surface area contributed by atoms with E-state index in [-0.39, 0.29) is 25.9 Å². The minimum absolute atomic E-state index is 0.0643. The number of carbonyl (C=O) groups excluding carboxylic acids is 4. The zero-order valence-electron chi connectivity index (χ0n) is 23.7. The highest BCUT2D eigenvalue weighted by Gasteiger charge is 2.37. The maximum absolute atomic E-state index is 14.1. The van der Waals surface area contributed by atoms with Gasteiger partial charge in [0.1, 0.15) is 17.7 Å². The number of primary amides is 1. The Labute approximate surface area is 236 Å². The van der Waals surface area contributed by atoms with Crippen LogP contribution in [0.3, 0.4) is 0 Å². The summed E-state index contributed by atoms with van der Waals surface area (Å²) in [6.07, 6.45) is 6.07. The maximum Gasteiger partial charge on any atom is 0.408 e. The molecule has 0 saturated carbocycles. The van der Waals surface area contributed by atoms with E-state index in [1.54, 1.807) is 45.0 Å². The van der Waals surface area contributed by atoms with Crippen molar-refractivity contribution in [2.45, 2.75) is 77.6 Å². The summed E-state index contributed by atoms with van der Waals surface area (Å²) in [4.78, 5) is 53.7. The number of nitrogens with two attached hydrogens (primary N) is 1. The Balaban J connectivity index is 2.52. The number of alkyl carbamates (subject to hydrolysis) is 1. The average Bonchev–Trinajstić information content (AvgIpc) is 2.91. The van der Waals surface area contributed by atoms with Gasteiger partial charge in [-0.1, -0.05) is 67.8 Å². The van der Waals surface area contributed by atoms with E-state index in [9.17, 15) is 19.2 Å². The van der Waals surface area contributed by atoms with Crippen LogP contribution in [0.25, 0.3) is 0 Å². The predicted molar refractivity (Wildman–Crippen MR) is 154 cm³/mol. The molecule has 2 atom stereocenters. The summed E-state index contributed by atoms with van der Waals surface area (Å²) in [7, 11) is 0. The molecule has 0 aliphatic rings. The van der Waals surface area contributed by atoms with Crippen molar-refractivity contribution >= 4 is 23.8 Å². The third-order valence-electron chi connectivity index (χ3n) is 5.98. The number of hydrogen-bond acceptors (Lipinski definition) is 5. The molecule has 0 heterocycles. The minimum atomic E-state index is -1.17. The van der Waals surface area contributed by atoms with E-state index in [1.807, 2.05) is 37.3 Å². The van der Waals surface area contributed by atoms with E-state index in [0.29, 0.717) is 17.5 Å². The molecule has 214 valence electrons. The number of nitrogens with one attached hydrogen (secondary N) is 2. The van der Waals surface area contributed by atoms with Gasteiger partial charge < -0.3 is 26.0 Å². The molecule has 4 amide bonds. The lowest BCUT2D eigenvalue weighted by Gasteiger charge is -2.35. The van der Waals surface area contributed by atoms with Crippen LogP contribution >= 0.6 is 0 Å². The number of ether oxygens (including phenoxy) is 1. The molecule has 2 aromatic rings. The first-order chi connectivity index (χ1) is 19.0. The highest BCUT2D eigenvalue weighted by molar-refractivity contribution is 5.92. The molecule has 0 bridgehead atoms. The molecule has 0 spiro atoms. The van der Waals surface area contributed by atoms with Crippen molar-refractivity contribution in [3.05, 3.63) is 71.3 Å². The Kier molecular flexibility index (Phi) is 12.2. The van der Waals surface area contributed by atoms with Crippen LogP contribution in [-0.4, -0.2) is 46.9 Å². The van der Waals surface area contributed by atoms with Crippen LogP contribution in [0, 0.1) is 12.3 Å². The molecule has 0 fully saturated rings. The second-order valence-electron chi connectivity index (χ2n) is 10.4. The zero-order valence-corrected chi connectivity index (χ0v) is 23.7. The number of rotatable bonds is 13. The van der Waals surface area contributed by atoms with Crippen molar-refractivity contribution in [1.29, 1.82) is 0 Å². The van der Waals surface area contributed by atoms with Crippen molar-refractivity contribution in [2.75, 3.05) is 6.54 Å². The standard InChI is InChI=1S/C31H40N4O5/c1-6-8-20-35(29(38)25(18-19-26(32)36)34-30(39)40-31(3,4)5)27(24-17-13-12-16-23(24)7-2)28(37)33-21-22-14-10-9-11-15-22/h2,9-17,25,27H,6,8,18-21H2,1,3-5H3,(H2,32,36)(H,33,37)(H,34,39). The summed E-state index contributed by atoms with van der Waals surface area (Å²) in [6, 6.07) is 14.1. The minimum Gasteiger partial charge on any atom is -0.444 e. The third-order valence-corrected chi connectivity index (χ3v) is 5.98. The van der Waals surface area contributed by atoms with Crippen LogP contribution in [0.1, 0.15) is 76.1 Å². The van der Waals surface area contributed by atoms with Gasteiger partial charge in [-0.2, -0.15) is 0 Å². The number of amides is 4. The van der Waals surface area contributed by atoms with Crippen molar-refractivity contribution in [3.63, 3.8) is 0 Å². The van der Waals surface area contributed by atoms with Gasteiger partial charge in [-0.15, -0.1) is 6.42 Å². The maximum atomic E-state index is 14.1. The lowest BCUT2D eigenvalue weighted by Crippen LogP contribution is -2.53. The number of hydrogen-bond donors (Lipinski definition) is 3. The zero-order chi connectivity index (χ0) is 29.7. The summed E-state index contributed by atoms with van der Waals surface area (Å²) in [5.41, 5.74) is 6.38. The van der Waals surface area contributed by atoms with Crippen LogP contribution in [0.2, 0.25) is 0 Å². The molecule has 2 rings (SSSR count). The number of nitrogens with zero attached hydrogens (tertiary/aromatic N) is 1. The lowest BCUT2D eigenvalue weighted by molar-refractivity contribution is -0.143. The molecule has 9 nitrogen and oxygen atoms in total. The monoisotopic (exact) mass is 548 g/mol. The van der Waals surface area contributed by atoms with Crippen molar-refractivity contribution in [1.82, 2.24) is 15.5 Å². The first-order valence-electron chi connectivity index (χ1n) is 13.4. The topological polar surface area (TPSA) is 131 Å². The fraction of sp³-hybridized carbons (Fsp3) is 0.419. The highest BCUT2D eigenvalue weighted by Crippen LogP contribution is 2.27. The van der Waals surface area contributed by atoms with Crippen molar-refractivity contribution < 1.29 is 23.9 Å². The quantitative estimate of drug-likeness (QED) is 0.328. The highest BCUT2D eigenvalue weighted by atomic mass is 16.6. The molecule has 0 aromatic heterocycles. The van der Waals surface area contributed by atoms with E-state index in [1.165, 1.54) is 4.90 Å². The molecule has 0 aliphatic heterocycles. The average molecular weight is 549 g/mol. The first-order valence-corrected chi connectivity index (χ1v) is 13.4.